The fraction of sp³-hybridized carbons (Fsp3) is 0.235. The van der Waals surface area contributed by atoms with Gasteiger partial charge in [-0.1, -0.05) is 23.2 Å². The standard InChI is InChI=1S/C17H17Cl2N3O2/c1-17(2,3)22-15(23)10-6-7-20-14(8-10)16(24)21-11-4-5-12(18)13(19)9-11/h4-9H,1-3H3,(H,21,24)(H,22,23). The molecule has 24 heavy (non-hydrogen) atoms. The first kappa shape index (κ1) is 18.2. The van der Waals surface area contributed by atoms with Crippen molar-refractivity contribution in [3.63, 3.8) is 0 Å². The van der Waals surface area contributed by atoms with Gasteiger partial charge in [-0.15, -0.1) is 0 Å². The van der Waals surface area contributed by atoms with Crippen molar-refractivity contribution < 1.29 is 9.59 Å². The number of aromatic nitrogens is 1. The topological polar surface area (TPSA) is 71.1 Å². The normalized spacial score (nSPS) is 11.0. The van der Waals surface area contributed by atoms with E-state index in [1.54, 1.807) is 18.2 Å². The fourth-order valence-corrected chi connectivity index (χ4v) is 2.18. The molecular formula is C17H17Cl2N3O2. The number of nitrogens with one attached hydrogen (secondary N) is 2. The molecule has 0 radical (unpaired) electrons. The first-order valence-electron chi connectivity index (χ1n) is 7.21. The van der Waals surface area contributed by atoms with Crippen molar-refractivity contribution >= 4 is 40.7 Å². The summed E-state index contributed by atoms with van der Waals surface area (Å²) in [5, 5.41) is 6.23. The Morgan fingerprint density at radius 3 is 2.33 bits per heavy atom. The van der Waals surface area contributed by atoms with Crippen molar-refractivity contribution in [3.05, 3.63) is 57.8 Å². The Balaban J connectivity index is 2.16. The van der Waals surface area contributed by atoms with E-state index < -0.39 is 5.91 Å². The van der Waals surface area contributed by atoms with Crippen molar-refractivity contribution in [1.82, 2.24) is 10.3 Å². The maximum absolute atomic E-state index is 12.3. The van der Waals surface area contributed by atoms with Crippen molar-refractivity contribution in [2.45, 2.75) is 26.3 Å². The Morgan fingerprint density at radius 1 is 1.00 bits per heavy atom. The van der Waals surface area contributed by atoms with E-state index in [9.17, 15) is 9.59 Å². The van der Waals surface area contributed by atoms with Crippen LogP contribution in [0.3, 0.4) is 0 Å². The molecule has 2 N–H and O–H groups in total. The van der Waals surface area contributed by atoms with Crippen molar-refractivity contribution in [2.75, 3.05) is 5.32 Å². The number of carbonyl (C=O) groups is 2. The SMILES string of the molecule is CC(C)(C)NC(=O)c1ccnc(C(=O)Nc2ccc(Cl)c(Cl)c2)c1. The number of benzene rings is 1. The highest BCUT2D eigenvalue weighted by molar-refractivity contribution is 6.42. The molecule has 126 valence electrons. The van der Waals surface area contributed by atoms with Gasteiger partial charge in [0.25, 0.3) is 11.8 Å². The zero-order valence-corrected chi connectivity index (χ0v) is 15.0. The van der Waals surface area contributed by atoms with E-state index in [0.717, 1.165) is 0 Å². The van der Waals surface area contributed by atoms with Crippen LogP contribution < -0.4 is 10.6 Å². The average molecular weight is 366 g/mol. The van der Waals surface area contributed by atoms with E-state index in [0.29, 0.717) is 21.3 Å². The van der Waals surface area contributed by atoms with E-state index in [1.807, 2.05) is 20.8 Å². The van der Waals surface area contributed by atoms with Crippen LogP contribution in [0.25, 0.3) is 0 Å². The number of rotatable bonds is 3. The summed E-state index contributed by atoms with van der Waals surface area (Å²) in [4.78, 5) is 28.5. The second kappa shape index (κ2) is 7.20. The lowest BCUT2D eigenvalue weighted by molar-refractivity contribution is 0.0919. The molecule has 1 aromatic carbocycles. The Kier molecular flexibility index (Phi) is 5.47. The van der Waals surface area contributed by atoms with Crippen molar-refractivity contribution in [1.29, 1.82) is 0 Å². The van der Waals surface area contributed by atoms with Gasteiger partial charge in [-0.25, -0.2) is 0 Å². The summed E-state index contributed by atoms with van der Waals surface area (Å²) in [6, 6.07) is 7.74. The average Bonchev–Trinajstić information content (AvgIpc) is 2.49. The van der Waals surface area contributed by atoms with Crippen molar-refractivity contribution in [3.8, 4) is 0 Å². The van der Waals surface area contributed by atoms with Gasteiger partial charge in [-0.2, -0.15) is 0 Å². The molecule has 0 aliphatic carbocycles. The molecule has 2 rings (SSSR count). The van der Waals surface area contributed by atoms with Crippen LogP contribution >= 0.6 is 23.2 Å². The number of halogens is 2. The monoisotopic (exact) mass is 365 g/mol. The molecule has 0 spiro atoms. The Morgan fingerprint density at radius 2 is 1.71 bits per heavy atom. The number of carbonyl (C=O) groups excluding carboxylic acids is 2. The molecule has 0 aliphatic heterocycles. The second-order valence-corrected chi connectivity index (χ2v) is 7.03. The van der Waals surface area contributed by atoms with Gasteiger partial charge in [0, 0.05) is 23.0 Å². The van der Waals surface area contributed by atoms with Crippen LogP contribution in [0, 0.1) is 0 Å². The van der Waals surface area contributed by atoms with Crippen molar-refractivity contribution in [2.24, 2.45) is 0 Å². The Hall–Kier alpha value is -2.11. The zero-order valence-electron chi connectivity index (χ0n) is 13.5. The van der Waals surface area contributed by atoms with Crippen LogP contribution in [-0.2, 0) is 0 Å². The minimum atomic E-state index is -0.446. The third-order valence-corrected chi connectivity index (χ3v) is 3.66. The van der Waals surface area contributed by atoms with Crippen LogP contribution in [0.2, 0.25) is 10.0 Å². The highest BCUT2D eigenvalue weighted by atomic mass is 35.5. The molecule has 0 atom stereocenters. The van der Waals surface area contributed by atoms with Gasteiger partial charge >= 0.3 is 0 Å². The largest absolute Gasteiger partial charge is 0.347 e. The summed E-state index contributed by atoms with van der Waals surface area (Å²) in [5.41, 5.74) is 0.602. The molecule has 0 saturated carbocycles. The molecule has 1 heterocycles. The Bertz CT molecular complexity index is 786. The molecule has 0 aliphatic rings. The number of nitrogens with zero attached hydrogens (tertiary/aromatic N) is 1. The maximum atomic E-state index is 12.3. The smallest absolute Gasteiger partial charge is 0.274 e. The number of pyridine rings is 1. The summed E-state index contributed by atoms with van der Waals surface area (Å²) in [6.45, 7) is 5.64. The van der Waals surface area contributed by atoms with Gasteiger partial charge in [0.05, 0.1) is 10.0 Å². The van der Waals surface area contributed by atoms with Crippen LogP contribution in [0.4, 0.5) is 5.69 Å². The molecule has 0 saturated heterocycles. The predicted octanol–water partition coefficient (Wildman–Crippen LogP) is 4.17. The fourth-order valence-electron chi connectivity index (χ4n) is 1.88. The number of amides is 2. The molecule has 2 amide bonds. The lowest BCUT2D eigenvalue weighted by Gasteiger charge is -2.20. The minimum absolute atomic E-state index is 0.127. The molecule has 5 nitrogen and oxygen atoms in total. The molecular weight excluding hydrogens is 349 g/mol. The summed E-state index contributed by atoms with van der Waals surface area (Å²) in [5.74, 6) is -0.715. The first-order chi connectivity index (χ1) is 11.2. The molecule has 0 fully saturated rings. The van der Waals surface area contributed by atoms with Crippen LogP contribution in [0.1, 0.15) is 41.6 Å². The number of hydrogen-bond acceptors (Lipinski definition) is 3. The van der Waals surface area contributed by atoms with Gasteiger partial charge in [0.1, 0.15) is 5.69 Å². The van der Waals surface area contributed by atoms with Gasteiger partial charge < -0.3 is 10.6 Å². The van der Waals surface area contributed by atoms with Crippen LogP contribution in [0.15, 0.2) is 36.5 Å². The molecule has 1 aromatic heterocycles. The Labute approximate surface area is 150 Å². The highest BCUT2D eigenvalue weighted by Gasteiger charge is 2.17. The van der Waals surface area contributed by atoms with E-state index in [2.05, 4.69) is 15.6 Å². The lowest BCUT2D eigenvalue weighted by atomic mass is 10.1. The summed E-state index contributed by atoms with van der Waals surface area (Å²) >= 11 is 11.8. The van der Waals surface area contributed by atoms with E-state index >= 15 is 0 Å². The van der Waals surface area contributed by atoms with Crippen LogP contribution in [0.5, 0.6) is 0 Å². The van der Waals surface area contributed by atoms with E-state index in [4.69, 9.17) is 23.2 Å². The quantitative estimate of drug-likeness (QED) is 0.857. The summed E-state index contributed by atoms with van der Waals surface area (Å²) in [7, 11) is 0. The van der Waals surface area contributed by atoms with E-state index in [1.165, 1.54) is 18.3 Å². The van der Waals surface area contributed by atoms with Gasteiger partial charge in [0.2, 0.25) is 0 Å². The maximum Gasteiger partial charge on any atom is 0.274 e. The highest BCUT2D eigenvalue weighted by Crippen LogP contribution is 2.25. The zero-order chi connectivity index (χ0) is 17.9. The number of hydrogen-bond donors (Lipinski definition) is 2. The molecule has 0 bridgehead atoms. The minimum Gasteiger partial charge on any atom is -0.347 e. The number of anilines is 1. The summed E-state index contributed by atoms with van der Waals surface area (Å²) < 4.78 is 0. The summed E-state index contributed by atoms with van der Waals surface area (Å²) in [6.07, 6.45) is 1.42. The molecule has 0 unspecified atom stereocenters. The lowest BCUT2D eigenvalue weighted by Crippen LogP contribution is -2.40. The van der Waals surface area contributed by atoms with Gasteiger partial charge in [0.15, 0.2) is 0 Å². The second-order valence-electron chi connectivity index (χ2n) is 6.22. The third kappa shape index (κ3) is 4.94. The first-order valence-corrected chi connectivity index (χ1v) is 7.96. The third-order valence-electron chi connectivity index (χ3n) is 2.92. The van der Waals surface area contributed by atoms with Crippen LogP contribution in [-0.4, -0.2) is 22.3 Å². The van der Waals surface area contributed by atoms with Gasteiger partial charge in [-0.05, 0) is 51.1 Å². The molecule has 7 heteroatoms. The molecule has 2 aromatic rings. The predicted molar refractivity (Wildman–Crippen MR) is 95.9 cm³/mol. The van der Waals surface area contributed by atoms with Gasteiger partial charge in [-0.3, -0.25) is 14.6 Å². The van der Waals surface area contributed by atoms with E-state index in [-0.39, 0.29) is 17.1 Å².